The van der Waals surface area contributed by atoms with E-state index < -0.39 is 0 Å². The van der Waals surface area contributed by atoms with E-state index in [0.717, 1.165) is 42.5 Å². The van der Waals surface area contributed by atoms with Gasteiger partial charge in [0.1, 0.15) is 10.8 Å². The molecule has 1 aromatic heterocycles. The minimum absolute atomic E-state index is 0.116. The third-order valence-corrected chi connectivity index (χ3v) is 5.23. The van der Waals surface area contributed by atoms with Crippen molar-refractivity contribution in [3.8, 4) is 0 Å². The number of aromatic nitrogens is 2. The second kappa shape index (κ2) is 8.85. The first-order chi connectivity index (χ1) is 12.2. The van der Waals surface area contributed by atoms with E-state index in [1.807, 2.05) is 25.4 Å². The van der Waals surface area contributed by atoms with Crippen LogP contribution in [0.25, 0.3) is 0 Å². The zero-order valence-corrected chi connectivity index (χ0v) is 15.3. The summed E-state index contributed by atoms with van der Waals surface area (Å²) in [6.45, 7) is 3.64. The number of anilines is 1. The second-order valence-electron chi connectivity index (χ2n) is 6.20. The summed E-state index contributed by atoms with van der Waals surface area (Å²) in [5, 5.41) is 4.03. The number of carbonyl (C=O) groups is 1. The number of rotatable bonds is 6. The number of piperidine rings is 1. The van der Waals surface area contributed by atoms with Crippen LogP contribution in [0.2, 0.25) is 0 Å². The Bertz CT molecular complexity index is 695. The third kappa shape index (κ3) is 5.19. The van der Waals surface area contributed by atoms with Crippen LogP contribution in [0, 0.1) is 0 Å². The van der Waals surface area contributed by atoms with E-state index in [1.54, 1.807) is 11.8 Å². The zero-order valence-electron chi connectivity index (χ0n) is 14.5. The van der Waals surface area contributed by atoms with E-state index >= 15 is 0 Å². The van der Waals surface area contributed by atoms with Gasteiger partial charge in [-0.3, -0.25) is 9.78 Å². The van der Waals surface area contributed by atoms with Crippen molar-refractivity contribution in [3.05, 3.63) is 48.3 Å². The number of amides is 1. The molecule has 2 aromatic rings. The van der Waals surface area contributed by atoms with Crippen molar-refractivity contribution < 1.29 is 4.79 Å². The molecule has 0 saturated carbocycles. The lowest BCUT2D eigenvalue weighted by atomic mass is 10.1. The first-order valence-electron chi connectivity index (χ1n) is 8.77. The molecule has 6 heteroatoms. The van der Waals surface area contributed by atoms with E-state index in [1.165, 1.54) is 5.56 Å². The van der Waals surface area contributed by atoms with Gasteiger partial charge in [0.2, 0.25) is 5.91 Å². The van der Waals surface area contributed by atoms with Crippen molar-refractivity contribution in [3.63, 3.8) is 0 Å². The summed E-state index contributed by atoms with van der Waals surface area (Å²) in [5.74, 6) is 1.90. The number of carbonyl (C=O) groups excluding carboxylic acids is 1. The maximum Gasteiger partial charge on any atom is 0.219 e. The molecule has 25 heavy (non-hydrogen) atoms. The van der Waals surface area contributed by atoms with Gasteiger partial charge in [0.15, 0.2) is 0 Å². The molecule has 5 nitrogen and oxygen atoms in total. The highest BCUT2D eigenvalue weighted by Crippen LogP contribution is 2.24. The monoisotopic (exact) mass is 356 g/mol. The van der Waals surface area contributed by atoms with Crippen LogP contribution in [0.5, 0.6) is 0 Å². The van der Waals surface area contributed by atoms with Gasteiger partial charge in [0.25, 0.3) is 0 Å². The fourth-order valence-corrected chi connectivity index (χ4v) is 3.72. The third-order valence-electron chi connectivity index (χ3n) is 4.26. The molecule has 1 amide bonds. The molecule has 1 unspecified atom stereocenters. The predicted octanol–water partition coefficient (Wildman–Crippen LogP) is 3.26. The maximum absolute atomic E-state index is 11.6. The first-order valence-corrected chi connectivity index (χ1v) is 9.76. The Morgan fingerprint density at radius 3 is 2.96 bits per heavy atom. The van der Waals surface area contributed by atoms with Crippen molar-refractivity contribution in [1.29, 1.82) is 0 Å². The summed E-state index contributed by atoms with van der Waals surface area (Å²) in [7, 11) is 0. The van der Waals surface area contributed by atoms with Gasteiger partial charge in [-0.15, -0.1) is 11.8 Å². The lowest BCUT2D eigenvalue weighted by Crippen LogP contribution is -2.48. The number of hydrogen-bond acceptors (Lipinski definition) is 5. The molecule has 0 bridgehead atoms. The van der Waals surface area contributed by atoms with Crippen LogP contribution in [0.1, 0.15) is 31.7 Å². The molecule has 1 atom stereocenters. The number of nitrogens with one attached hydrogen (secondary N) is 1. The van der Waals surface area contributed by atoms with Crippen LogP contribution in [0.3, 0.4) is 0 Å². The van der Waals surface area contributed by atoms with Crippen LogP contribution in [-0.2, 0) is 10.5 Å². The highest BCUT2D eigenvalue weighted by atomic mass is 32.2. The number of benzene rings is 1. The normalized spacial score (nSPS) is 17.3. The predicted molar refractivity (Wildman–Crippen MR) is 102 cm³/mol. The standard InChI is InChI=1S/C19H24N4OS/c1-2-18(24)21-16-9-6-10-23(13-16)17-11-20-12-19(22-17)25-14-15-7-4-3-5-8-15/h3-5,7-8,11-12,16H,2,6,9-10,13-14H2,1H3,(H,21,24). The van der Waals surface area contributed by atoms with E-state index in [9.17, 15) is 4.79 Å². The summed E-state index contributed by atoms with van der Waals surface area (Å²) in [5.41, 5.74) is 1.28. The SMILES string of the molecule is CCC(=O)NC1CCCN(c2cncc(SCc3ccccc3)n2)C1. The molecule has 0 spiro atoms. The Kier molecular flexibility index (Phi) is 6.28. The van der Waals surface area contributed by atoms with Gasteiger partial charge in [-0.1, -0.05) is 37.3 Å². The topological polar surface area (TPSA) is 58.1 Å². The van der Waals surface area contributed by atoms with E-state index in [-0.39, 0.29) is 11.9 Å². The Labute approximate surface area is 153 Å². The second-order valence-corrected chi connectivity index (χ2v) is 7.19. The molecular weight excluding hydrogens is 332 g/mol. The minimum atomic E-state index is 0.116. The fourth-order valence-electron chi connectivity index (χ4n) is 2.92. The van der Waals surface area contributed by atoms with Crippen LogP contribution in [-0.4, -0.2) is 35.0 Å². The number of nitrogens with zero attached hydrogens (tertiary/aromatic N) is 3. The molecule has 132 valence electrons. The van der Waals surface area contributed by atoms with Crippen molar-refractivity contribution in [2.75, 3.05) is 18.0 Å². The molecule has 2 heterocycles. The first kappa shape index (κ1) is 17.7. The molecule has 3 rings (SSSR count). The fraction of sp³-hybridized carbons (Fsp3) is 0.421. The Morgan fingerprint density at radius 2 is 2.16 bits per heavy atom. The number of thioether (sulfide) groups is 1. The van der Waals surface area contributed by atoms with Crippen molar-refractivity contribution in [2.24, 2.45) is 0 Å². The van der Waals surface area contributed by atoms with Crippen molar-refractivity contribution >= 4 is 23.5 Å². The van der Waals surface area contributed by atoms with Crippen LogP contribution in [0.15, 0.2) is 47.8 Å². The van der Waals surface area contributed by atoms with Gasteiger partial charge in [0.05, 0.1) is 12.4 Å². The quantitative estimate of drug-likeness (QED) is 0.805. The van der Waals surface area contributed by atoms with E-state index in [4.69, 9.17) is 4.98 Å². The van der Waals surface area contributed by atoms with Gasteiger partial charge in [-0.25, -0.2) is 4.98 Å². The molecule has 1 aromatic carbocycles. The summed E-state index contributed by atoms with van der Waals surface area (Å²) in [6, 6.07) is 10.6. The largest absolute Gasteiger partial charge is 0.353 e. The average molecular weight is 356 g/mol. The zero-order chi connectivity index (χ0) is 17.5. The summed E-state index contributed by atoms with van der Waals surface area (Å²) < 4.78 is 0. The lowest BCUT2D eigenvalue weighted by molar-refractivity contribution is -0.121. The molecule has 1 fully saturated rings. The molecule has 1 saturated heterocycles. The van der Waals surface area contributed by atoms with Crippen LogP contribution < -0.4 is 10.2 Å². The number of hydrogen-bond donors (Lipinski definition) is 1. The molecular formula is C19H24N4OS. The van der Waals surface area contributed by atoms with Crippen LogP contribution in [0.4, 0.5) is 5.82 Å². The maximum atomic E-state index is 11.6. The van der Waals surface area contributed by atoms with Gasteiger partial charge in [-0.05, 0) is 18.4 Å². The minimum Gasteiger partial charge on any atom is -0.353 e. The molecule has 0 radical (unpaired) electrons. The van der Waals surface area contributed by atoms with Crippen LogP contribution >= 0.6 is 11.8 Å². The Balaban J connectivity index is 1.61. The van der Waals surface area contributed by atoms with Gasteiger partial charge < -0.3 is 10.2 Å². The van der Waals surface area contributed by atoms with Gasteiger partial charge in [0, 0.05) is 31.3 Å². The summed E-state index contributed by atoms with van der Waals surface area (Å²) in [4.78, 5) is 23.0. The van der Waals surface area contributed by atoms with Crippen molar-refractivity contribution in [1.82, 2.24) is 15.3 Å². The molecule has 1 aliphatic rings. The van der Waals surface area contributed by atoms with E-state index in [0.29, 0.717) is 6.42 Å². The highest BCUT2D eigenvalue weighted by Gasteiger charge is 2.22. The Hall–Kier alpha value is -2.08. The van der Waals surface area contributed by atoms with Crippen molar-refractivity contribution in [2.45, 2.75) is 43.0 Å². The molecule has 1 N–H and O–H groups in total. The molecule has 0 aliphatic carbocycles. The summed E-state index contributed by atoms with van der Waals surface area (Å²) in [6.07, 6.45) is 6.24. The average Bonchev–Trinajstić information content (AvgIpc) is 2.67. The highest BCUT2D eigenvalue weighted by molar-refractivity contribution is 7.98. The lowest BCUT2D eigenvalue weighted by Gasteiger charge is -2.33. The smallest absolute Gasteiger partial charge is 0.219 e. The van der Waals surface area contributed by atoms with Gasteiger partial charge >= 0.3 is 0 Å². The molecule has 1 aliphatic heterocycles. The Morgan fingerprint density at radius 1 is 1.32 bits per heavy atom. The van der Waals surface area contributed by atoms with E-state index in [2.05, 4.69) is 39.5 Å². The summed E-state index contributed by atoms with van der Waals surface area (Å²) >= 11 is 1.70. The van der Waals surface area contributed by atoms with Gasteiger partial charge in [-0.2, -0.15) is 0 Å².